The molecule has 0 aliphatic carbocycles. The predicted octanol–water partition coefficient (Wildman–Crippen LogP) is 2.20. The van der Waals surface area contributed by atoms with Crippen molar-refractivity contribution in [3.05, 3.63) is 12.7 Å². The molecule has 0 aromatic heterocycles. The molecule has 0 bridgehead atoms. The number of amidine groups is 1. The van der Waals surface area contributed by atoms with Gasteiger partial charge in [0, 0.05) is 5.71 Å². The van der Waals surface area contributed by atoms with Gasteiger partial charge in [0.1, 0.15) is 0 Å². The normalized spacial score (nSPS) is 11.1. The van der Waals surface area contributed by atoms with Gasteiger partial charge in [0.25, 0.3) is 0 Å². The van der Waals surface area contributed by atoms with Gasteiger partial charge in [-0.05, 0) is 24.1 Å². The minimum Gasteiger partial charge on any atom is -0.272 e. The van der Waals surface area contributed by atoms with Gasteiger partial charge in [-0.1, -0.05) is 13.5 Å². The maximum Gasteiger partial charge on any atom is 0.215 e. The number of nitrogens with one attached hydrogen (secondary N) is 1. The molecule has 0 aliphatic heterocycles. The smallest absolute Gasteiger partial charge is 0.215 e. The predicted molar refractivity (Wildman–Crippen MR) is 41.5 cm³/mol. The zero-order chi connectivity index (χ0) is 7.28. The standard InChI is InChI=1S/C6H9ClN2/c1-3-5(4-2)9-6(7)8/h3,8H,1,4H2,2H3. The zero-order valence-electron chi connectivity index (χ0n) is 5.32. The van der Waals surface area contributed by atoms with Crippen LogP contribution in [0.25, 0.3) is 0 Å². The number of hydrogen-bond acceptors (Lipinski definition) is 1. The van der Waals surface area contributed by atoms with E-state index in [0.717, 1.165) is 12.1 Å². The molecule has 0 spiro atoms. The number of rotatable bonds is 2. The van der Waals surface area contributed by atoms with Crippen LogP contribution in [-0.4, -0.2) is 11.0 Å². The van der Waals surface area contributed by atoms with Crippen molar-refractivity contribution < 1.29 is 0 Å². The first-order valence-electron chi connectivity index (χ1n) is 2.64. The van der Waals surface area contributed by atoms with Crippen molar-refractivity contribution in [3.63, 3.8) is 0 Å². The Bertz CT molecular complexity index is 149. The molecule has 0 rings (SSSR count). The van der Waals surface area contributed by atoms with Crippen LogP contribution in [0.4, 0.5) is 0 Å². The van der Waals surface area contributed by atoms with Crippen LogP contribution < -0.4 is 0 Å². The Hall–Kier alpha value is -0.630. The summed E-state index contributed by atoms with van der Waals surface area (Å²) in [7, 11) is 0. The summed E-state index contributed by atoms with van der Waals surface area (Å²) in [6, 6.07) is 0. The number of aliphatic imine (C=N–C) groups is 1. The van der Waals surface area contributed by atoms with Crippen LogP contribution in [0.3, 0.4) is 0 Å². The highest BCUT2D eigenvalue weighted by molar-refractivity contribution is 6.64. The summed E-state index contributed by atoms with van der Waals surface area (Å²) in [4.78, 5) is 3.66. The molecular formula is C6H9ClN2. The lowest BCUT2D eigenvalue weighted by Crippen LogP contribution is -1.91. The summed E-state index contributed by atoms with van der Waals surface area (Å²) in [6.45, 7) is 5.43. The molecule has 1 N–H and O–H groups in total. The van der Waals surface area contributed by atoms with Crippen LogP contribution in [0.2, 0.25) is 0 Å². The monoisotopic (exact) mass is 144 g/mol. The molecule has 0 fully saturated rings. The van der Waals surface area contributed by atoms with Crippen LogP contribution in [-0.2, 0) is 0 Å². The topological polar surface area (TPSA) is 36.2 Å². The van der Waals surface area contributed by atoms with Gasteiger partial charge >= 0.3 is 0 Å². The van der Waals surface area contributed by atoms with Crippen molar-refractivity contribution in [2.24, 2.45) is 4.99 Å². The third-order valence-electron chi connectivity index (χ3n) is 0.840. The Morgan fingerprint density at radius 2 is 2.44 bits per heavy atom. The molecule has 0 aromatic carbocycles. The maximum atomic E-state index is 6.76. The van der Waals surface area contributed by atoms with E-state index in [1.807, 2.05) is 6.92 Å². The molecule has 0 saturated heterocycles. The van der Waals surface area contributed by atoms with Crippen molar-refractivity contribution >= 4 is 22.6 Å². The van der Waals surface area contributed by atoms with Gasteiger partial charge in [0.15, 0.2) is 0 Å². The summed E-state index contributed by atoms with van der Waals surface area (Å²) in [5.41, 5.74) is 0.745. The van der Waals surface area contributed by atoms with Gasteiger partial charge in [-0.3, -0.25) is 5.41 Å². The van der Waals surface area contributed by atoms with Crippen molar-refractivity contribution in [2.45, 2.75) is 13.3 Å². The second kappa shape index (κ2) is 4.27. The largest absolute Gasteiger partial charge is 0.272 e. The number of hydrogen-bond donors (Lipinski definition) is 1. The lowest BCUT2D eigenvalue weighted by molar-refractivity contribution is 1.29. The van der Waals surface area contributed by atoms with Gasteiger partial charge < -0.3 is 0 Å². The van der Waals surface area contributed by atoms with E-state index < -0.39 is 0 Å². The number of allylic oxidation sites excluding steroid dienone is 1. The Labute approximate surface area is 59.8 Å². The Morgan fingerprint density at radius 1 is 1.89 bits per heavy atom. The minimum atomic E-state index is -0.188. The van der Waals surface area contributed by atoms with Crippen LogP contribution in [0.15, 0.2) is 17.6 Å². The summed E-state index contributed by atoms with van der Waals surface area (Å²) in [5.74, 6) is 0. The Balaban J connectivity index is 4.07. The van der Waals surface area contributed by atoms with Gasteiger partial charge in [-0.2, -0.15) is 0 Å². The highest BCUT2D eigenvalue weighted by atomic mass is 35.5. The molecule has 9 heavy (non-hydrogen) atoms. The minimum absolute atomic E-state index is 0.188. The second-order valence-corrected chi connectivity index (χ2v) is 1.81. The molecule has 0 unspecified atom stereocenters. The molecular weight excluding hydrogens is 136 g/mol. The second-order valence-electron chi connectivity index (χ2n) is 1.45. The first kappa shape index (κ1) is 8.37. The summed E-state index contributed by atoms with van der Waals surface area (Å²) in [5, 5.41) is 6.57. The van der Waals surface area contributed by atoms with E-state index >= 15 is 0 Å². The highest BCUT2D eigenvalue weighted by Gasteiger charge is 1.88. The van der Waals surface area contributed by atoms with Gasteiger partial charge in [0.05, 0.1) is 0 Å². The van der Waals surface area contributed by atoms with Crippen LogP contribution in [0.1, 0.15) is 13.3 Å². The van der Waals surface area contributed by atoms with Gasteiger partial charge in [-0.15, -0.1) is 0 Å². The molecule has 3 heteroatoms. The van der Waals surface area contributed by atoms with Crippen molar-refractivity contribution in [3.8, 4) is 0 Å². The molecule has 0 radical (unpaired) electrons. The number of nitrogens with zero attached hydrogens (tertiary/aromatic N) is 1. The lowest BCUT2D eigenvalue weighted by Gasteiger charge is -1.90. The molecule has 0 atom stereocenters. The van der Waals surface area contributed by atoms with E-state index in [4.69, 9.17) is 17.0 Å². The number of halogens is 1. The molecule has 0 amide bonds. The van der Waals surface area contributed by atoms with Crippen LogP contribution in [0, 0.1) is 5.41 Å². The molecule has 0 heterocycles. The molecule has 0 aromatic rings. The van der Waals surface area contributed by atoms with Crippen molar-refractivity contribution in [1.29, 1.82) is 5.41 Å². The molecule has 2 nitrogen and oxygen atoms in total. The third-order valence-corrected chi connectivity index (χ3v) is 0.924. The van der Waals surface area contributed by atoms with Gasteiger partial charge in [0.2, 0.25) is 5.29 Å². The summed E-state index contributed by atoms with van der Waals surface area (Å²) < 4.78 is 0. The quantitative estimate of drug-likeness (QED) is 0.351. The Morgan fingerprint density at radius 3 is 2.56 bits per heavy atom. The summed E-state index contributed by atoms with van der Waals surface area (Å²) >= 11 is 5.18. The molecule has 50 valence electrons. The van der Waals surface area contributed by atoms with E-state index in [-0.39, 0.29) is 5.29 Å². The lowest BCUT2D eigenvalue weighted by atomic mass is 10.3. The van der Waals surface area contributed by atoms with E-state index in [1.165, 1.54) is 0 Å². The fraction of sp³-hybridized carbons (Fsp3) is 0.333. The average molecular weight is 145 g/mol. The van der Waals surface area contributed by atoms with Crippen molar-refractivity contribution in [1.82, 2.24) is 0 Å². The maximum absolute atomic E-state index is 6.76. The van der Waals surface area contributed by atoms with Crippen LogP contribution in [0.5, 0.6) is 0 Å². The SMILES string of the molecule is C=CC(CC)=NC(=N)Cl. The highest BCUT2D eigenvalue weighted by Crippen LogP contribution is 1.90. The average Bonchev–Trinajstić information content (AvgIpc) is 1.82. The first-order valence-corrected chi connectivity index (χ1v) is 3.02. The first-order chi connectivity index (χ1) is 4.20. The summed E-state index contributed by atoms with van der Waals surface area (Å²) in [6.07, 6.45) is 2.36. The van der Waals surface area contributed by atoms with Crippen molar-refractivity contribution in [2.75, 3.05) is 0 Å². The van der Waals surface area contributed by atoms with Gasteiger partial charge in [-0.25, -0.2) is 4.99 Å². The third kappa shape index (κ3) is 3.91. The Kier molecular flexibility index (Phi) is 3.97. The molecule has 0 aliphatic rings. The van der Waals surface area contributed by atoms with E-state index in [2.05, 4.69) is 11.6 Å². The van der Waals surface area contributed by atoms with Crippen LogP contribution >= 0.6 is 11.6 Å². The van der Waals surface area contributed by atoms with E-state index in [0.29, 0.717) is 0 Å². The zero-order valence-corrected chi connectivity index (χ0v) is 6.07. The van der Waals surface area contributed by atoms with E-state index in [1.54, 1.807) is 6.08 Å². The van der Waals surface area contributed by atoms with E-state index in [9.17, 15) is 0 Å². The fourth-order valence-electron chi connectivity index (χ4n) is 0.395. The molecule has 0 saturated carbocycles. The fourth-order valence-corrected chi connectivity index (χ4v) is 0.504.